The lowest BCUT2D eigenvalue weighted by molar-refractivity contribution is 0.101. The number of hydrogen-bond acceptors (Lipinski definition) is 4. The van der Waals surface area contributed by atoms with Gasteiger partial charge in [0, 0.05) is 18.8 Å². The van der Waals surface area contributed by atoms with Gasteiger partial charge in [-0.05, 0) is 25.1 Å². The van der Waals surface area contributed by atoms with Gasteiger partial charge in [-0.15, -0.1) is 0 Å². The first-order chi connectivity index (χ1) is 9.41. The maximum atomic E-state index is 12.3. The van der Waals surface area contributed by atoms with Crippen LogP contribution in [-0.4, -0.2) is 21.2 Å². The van der Waals surface area contributed by atoms with Gasteiger partial charge in [0.25, 0.3) is 5.56 Å². The monoisotopic (exact) mass is 271 g/mol. The van der Waals surface area contributed by atoms with Crippen LogP contribution in [0.5, 0.6) is 5.75 Å². The zero-order chi connectivity index (χ0) is 14.9. The van der Waals surface area contributed by atoms with Gasteiger partial charge >= 0.3 is 0 Å². The molecule has 0 unspecified atom stereocenters. The molecule has 5 nitrogen and oxygen atoms in total. The summed E-state index contributed by atoms with van der Waals surface area (Å²) in [6.45, 7) is 1.27. The maximum Gasteiger partial charge on any atom is 0.261 e. The molecular formula is C15H13NO4. The molecule has 1 aromatic carbocycles. The van der Waals surface area contributed by atoms with Crippen LogP contribution in [0.1, 0.15) is 33.2 Å². The van der Waals surface area contributed by atoms with Gasteiger partial charge in [0.1, 0.15) is 5.75 Å². The number of nitrogens with zero attached hydrogens (tertiary/aromatic N) is 1. The molecule has 0 aliphatic heterocycles. The van der Waals surface area contributed by atoms with E-state index < -0.39 is 17.1 Å². The molecule has 0 amide bonds. The van der Waals surface area contributed by atoms with Gasteiger partial charge in [0.05, 0.1) is 11.1 Å². The molecule has 0 bridgehead atoms. The van der Waals surface area contributed by atoms with E-state index in [1.807, 2.05) is 0 Å². The Balaban J connectivity index is 2.60. The normalized spacial score (nSPS) is 10.3. The van der Waals surface area contributed by atoms with Crippen molar-refractivity contribution in [3.8, 4) is 5.75 Å². The molecule has 20 heavy (non-hydrogen) atoms. The number of phenolic OH excluding ortho intramolecular Hbond substituents is 1. The number of para-hydroxylation sites is 1. The summed E-state index contributed by atoms with van der Waals surface area (Å²) in [5, 5.41) is 9.69. The van der Waals surface area contributed by atoms with Crippen LogP contribution in [0.4, 0.5) is 0 Å². The molecule has 2 rings (SSSR count). The molecule has 1 N–H and O–H groups in total. The van der Waals surface area contributed by atoms with Gasteiger partial charge in [-0.2, -0.15) is 0 Å². The predicted octanol–water partition coefficient (Wildman–Crippen LogP) is 1.52. The summed E-state index contributed by atoms with van der Waals surface area (Å²) in [4.78, 5) is 35.5. The van der Waals surface area contributed by atoms with Crippen molar-refractivity contribution in [1.82, 2.24) is 4.57 Å². The van der Waals surface area contributed by atoms with Gasteiger partial charge in [-0.25, -0.2) is 0 Å². The second-order valence-corrected chi connectivity index (χ2v) is 4.46. The third-order valence-electron chi connectivity index (χ3n) is 2.97. The molecule has 5 heteroatoms. The van der Waals surface area contributed by atoms with Gasteiger partial charge in [0.2, 0.25) is 0 Å². The average Bonchev–Trinajstić information content (AvgIpc) is 2.41. The Bertz CT molecular complexity index is 759. The molecular weight excluding hydrogens is 258 g/mol. The molecule has 102 valence electrons. The Kier molecular flexibility index (Phi) is 3.52. The van der Waals surface area contributed by atoms with Crippen molar-refractivity contribution in [3.05, 3.63) is 63.6 Å². The number of hydrogen-bond donors (Lipinski definition) is 1. The van der Waals surface area contributed by atoms with Crippen LogP contribution < -0.4 is 5.56 Å². The third-order valence-corrected chi connectivity index (χ3v) is 2.97. The Labute approximate surface area is 115 Å². The summed E-state index contributed by atoms with van der Waals surface area (Å²) in [7, 11) is 1.47. The zero-order valence-electron chi connectivity index (χ0n) is 11.1. The highest BCUT2D eigenvalue weighted by Gasteiger charge is 2.17. The molecule has 0 radical (unpaired) electrons. The third kappa shape index (κ3) is 2.38. The molecule has 0 aliphatic rings. The number of Topliss-reactive ketones (excluding diaryl/α,β-unsaturated/α-hetero) is 1. The summed E-state index contributed by atoms with van der Waals surface area (Å²) >= 11 is 0. The topological polar surface area (TPSA) is 76.4 Å². The Morgan fingerprint density at radius 2 is 1.80 bits per heavy atom. The van der Waals surface area contributed by atoms with Crippen LogP contribution in [0.25, 0.3) is 0 Å². The lowest BCUT2D eigenvalue weighted by atomic mass is 10.0. The zero-order valence-corrected chi connectivity index (χ0v) is 11.1. The van der Waals surface area contributed by atoms with Crippen LogP contribution in [0.2, 0.25) is 0 Å². The highest BCUT2D eigenvalue weighted by molar-refractivity contribution is 6.11. The smallest absolute Gasteiger partial charge is 0.261 e. The van der Waals surface area contributed by atoms with Crippen LogP contribution in [0, 0.1) is 0 Å². The number of benzene rings is 1. The fraction of sp³-hybridized carbons (Fsp3) is 0.133. The fourth-order valence-corrected chi connectivity index (χ4v) is 1.91. The van der Waals surface area contributed by atoms with Crippen molar-refractivity contribution in [3.63, 3.8) is 0 Å². The Morgan fingerprint density at radius 3 is 2.40 bits per heavy atom. The van der Waals surface area contributed by atoms with Gasteiger partial charge in [-0.3, -0.25) is 14.4 Å². The SMILES string of the molecule is CC(=O)c1cc(C(=O)c2ccccc2O)cn(C)c1=O. The van der Waals surface area contributed by atoms with Crippen LogP contribution in [0.3, 0.4) is 0 Å². The highest BCUT2D eigenvalue weighted by atomic mass is 16.3. The van der Waals surface area contributed by atoms with Crippen molar-refractivity contribution in [2.75, 3.05) is 0 Å². The standard InChI is InChI=1S/C15H13NO4/c1-9(17)12-7-10(8-16(2)15(12)20)14(19)11-5-3-4-6-13(11)18/h3-8,18H,1-2H3. The molecule has 0 spiro atoms. The predicted molar refractivity (Wildman–Crippen MR) is 73.2 cm³/mol. The second kappa shape index (κ2) is 5.13. The van der Waals surface area contributed by atoms with Crippen molar-refractivity contribution < 1.29 is 14.7 Å². The van der Waals surface area contributed by atoms with E-state index in [4.69, 9.17) is 0 Å². The number of pyridine rings is 1. The molecule has 0 aliphatic carbocycles. The number of phenols is 1. The van der Waals surface area contributed by atoms with Crippen LogP contribution >= 0.6 is 0 Å². The molecule has 1 aromatic heterocycles. The molecule has 0 fully saturated rings. The Morgan fingerprint density at radius 1 is 1.15 bits per heavy atom. The van der Waals surface area contributed by atoms with Gasteiger partial charge in [0.15, 0.2) is 11.6 Å². The molecule has 0 saturated heterocycles. The minimum Gasteiger partial charge on any atom is -0.507 e. The van der Waals surface area contributed by atoms with Crippen LogP contribution in [0.15, 0.2) is 41.3 Å². The summed E-state index contributed by atoms with van der Waals surface area (Å²) in [5.41, 5.74) is -0.195. The second-order valence-electron chi connectivity index (χ2n) is 4.46. The largest absolute Gasteiger partial charge is 0.507 e. The lowest BCUT2D eigenvalue weighted by Crippen LogP contribution is -2.24. The maximum absolute atomic E-state index is 12.3. The van der Waals surface area contributed by atoms with Crippen LogP contribution in [-0.2, 0) is 7.05 Å². The molecule has 0 saturated carbocycles. The summed E-state index contributed by atoms with van der Waals surface area (Å²) in [6.07, 6.45) is 1.35. The first kappa shape index (κ1) is 13.7. The van der Waals surface area contributed by atoms with Crippen molar-refractivity contribution >= 4 is 11.6 Å². The van der Waals surface area contributed by atoms with E-state index in [1.165, 1.54) is 42.9 Å². The summed E-state index contributed by atoms with van der Waals surface area (Å²) in [5.74, 6) is -0.991. The Hall–Kier alpha value is -2.69. The average molecular weight is 271 g/mol. The quantitative estimate of drug-likeness (QED) is 0.859. The minimum absolute atomic E-state index is 0.0474. The number of aromatic hydroxyl groups is 1. The van der Waals surface area contributed by atoms with Gasteiger partial charge in [-0.1, -0.05) is 12.1 Å². The minimum atomic E-state index is -0.452. The lowest BCUT2D eigenvalue weighted by Gasteiger charge is -2.07. The number of carbonyl (C=O) groups is 2. The first-order valence-corrected chi connectivity index (χ1v) is 5.96. The van der Waals surface area contributed by atoms with E-state index >= 15 is 0 Å². The van der Waals surface area contributed by atoms with Gasteiger partial charge < -0.3 is 9.67 Å². The van der Waals surface area contributed by atoms with Crippen molar-refractivity contribution in [2.24, 2.45) is 7.05 Å². The van der Waals surface area contributed by atoms with E-state index in [0.29, 0.717) is 0 Å². The van der Waals surface area contributed by atoms with E-state index in [0.717, 1.165) is 0 Å². The number of aryl methyl sites for hydroxylation is 1. The summed E-state index contributed by atoms with van der Waals surface area (Å²) in [6, 6.07) is 7.38. The number of aromatic nitrogens is 1. The van der Waals surface area contributed by atoms with E-state index in [-0.39, 0.29) is 22.4 Å². The highest BCUT2D eigenvalue weighted by Crippen LogP contribution is 2.19. The number of rotatable bonds is 3. The molecule has 2 aromatic rings. The molecule has 0 atom stereocenters. The van der Waals surface area contributed by atoms with E-state index in [9.17, 15) is 19.5 Å². The van der Waals surface area contributed by atoms with Crippen molar-refractivity contribution in [1.29, 1.82) is 0 Å². The fourth-order valence-electron chi connectivity index (χ4n) is 1.91. The first-order valence-electron chi connectivity index (χ1n) is 5.96. The van der Waals surface area contributed by atoms with E-state index in [2.05, 4.69) is 0 Å². The van der Waals surface area contributed by atoms with E-state index in [1.54, 1.807) is 12.1 Å². The number of ketones is 2. The molecule has 1 heterocycles. The van der Waals surface area contributed by atoms with Crippen molar-refractivity contribution in [2.45, 2.75) is 6.92 Å². The number of carbonyl (C=O) groups excluding carboxylic acids is 2. The summed E-state index contributed by atoms with van der Waals surface area (Å²) < 4.78 is 1.18.